The summed E-state index contributed by atoms with van der Waals surface area (Å²) in [6.45, 7) is 4.81. The summed E-state index contributed by atoms with van der Waals surface area (Å²) in [5, 5.41) is 0. The topological polar surface area (TPSA) is 86.7 Å². The van der Waals surface area contributed by atoms with Crippen LogP contribution in [0.15, 0.2) is 0 Å². The van der Waals surface area contributed by atoms with Gasteiger partial charge in [-0.1, -0.05) is 20.8 Å². The van der Waals surface area contributed by atoms with E-state index >= 15 is 0 Å². The number of methoxy groups -OCH3 is 1. The van der Waals surface area contributed by atoms with Crippen molar-refractivity contribution >= 4 is 22.9 Å². The molecule has 0 rings (SSSR count). The number of carbonyl (C=O) groups is 2. The first kappa shape index (κ1) is 13.9. The highest BCUT2D eigenvalue weighted by atomic mass is 32.2. The first-order valence-corrected chi connectivity index (χ1v) is 5.23. The molecule has 0 fully saturated rings. The van der Waals surface area contributed by atoms with Gasteiger partial charge in [-0.3, -0.25) is 4.79 Å². The molecule has 6 nitrogen and oxygen atoms in total. The highest BCUT2D eigenvalue weighted by Crippen LogP contribution is 2.28. The van der Waals surface area contributed by atoms with E-state index in [9.17, 15) is 18.0 Å². The largest absolute Gasteiger partial charge is 0.468 e. The molecule has 0 aliphatic carbocycles. The molecular weight excluding hydrogens is 224 g/mol. The highest BCUT2D eigenvalue weighted by molar-refractivity contribution is 7.67. The molecule has 0 radical (unpaired) electrons. The Morgan fingerprint density at radius 1 is 1.13 bits per heavy atom. The van der Waals surface area contributed by atoms with E-state index in [0.717, 1.165) is 7.11 Å². The summed E-state index contributed by atoms with van der Waals surface area (Å²) >= 11 is 0. The number of hydrogen-bond acceptors (Lipinski definition) is 6. The lowest BCUT2D eigenvalue weighted by Crippen LogP contribution is -2.37. The Labute approximate surface area is 89.7 Å². The van der Waals surface area contributed by atoms with Gasteiger partial charge in [0.1, 0.15) is 0 Å². The van der Waals surface area contributed by atoms with E-state index in [1.165, 1.54) is 0 Å². The molecule has 15 heavy (non-hydrogen) atoms. The quantitative estimate of drug-likeness (QED) is 0.419. The lowest BCUT2D eigenvalue weighted by molar-refractivity contribution is -0.159. The van der Waals surface area contributed by atoms with E-state index < -0.39 is 34.3 Å². The average Bonchev–Trinajstić information content (AvgIpc) is 1.99. The lowest BCUT2D eigenvalue weighted by atomic mass is 9.81. The van der Waals surface area contributed by atoms with Crippen LogP contribution in [0.3, 0.4) is 0 Å². The van der Waals surface area contributed by atoms with Gasteiger partial charge in [0.05, 0.1) is 7.11 Å². The normalized spacial score (nSPS) is 13.4. The van der Waals surface area contributed by atoms with E-state index in [-0.39, 0.29) is 0 Å². The van der Waals surface area contributed by atoms with Crippen molar-refractivity contribution in [1.29, 1.82) is 0 Å². The predicted octanol–water partition coefficient (Wildman–Crippen LogP) is -0.109. The van der Waals surface area contributed by atoms with E-state index in [0.29, 0.717) is 0 Å². The van der Waals surface area contributed by atoms with Crippen LogP contribution in [0.1, 0.15) is 20.8 Å². The fraction of sp³-hybridized carbons (Fsp3) is 0.750. The molecule has 0 bridgehead atoms. The molecule has 1 unspecified atom stereocenters. The van der Waals surface area contributed by atoms with Crippen molar-refractivity contribution in [2.24, 2.45) is 11.3 Å². The summed E-state index contributed by atoms with van der Waals surface area (Å²) in [5.74, 6) is -3.19. The molecule has 0 aromatic carbocycles. The van der Waals surface area contributed by atoms with Crippen LogP contribution in [0.25, 0.3) is 0 Å². The second-order valence-electron chi connectivity index (χ2n) is 3.96. The Morgan fingerprint density at radius 3 is 1.87 bits per heavy atom. The third-order valence-electron chi connectivity index (χ3n) is 1.70. The molecule has 0 heterocycles. The van der Waals surface area contributed by atoms with Gasteiger partial charge in [0.2, 0.25) is 0 Å². The fourth-order valence-electron chi connectivity index (χ4n) is 1.05. The summed E-state index contributed by atoms with van der Waals surface area (Å²) in [7, 11) is -2.19. The van der Waals surface area contributed by atoms with Gasteiger partial charge in [-0.05, 0) is 5.41 Å². The Bertz CT molecular complexity index is 317. The van der Waals surface area contributed by atoms with Gasteiger partial charge in [0.15, 0.2) is 5.92 Å². The van der Waals surface area contributed by atoms with Crippen molar-refractivity contribution in [3.8, 4) is 0 Å². The van der Waals surface area contributed by atoms with Crippen LogP contribution >= 0.6 is 0 Å². The Balaban J connectivity index is 4.95. The van der Waals surface area contributed by atoms with Crippen LogP contribution in [0.4, 0.5) is 0 Å². The molecule has 0 spiro atoms. The minimum absolute atomic E-state index is 0.768. The zero-order valence-electron chi connectivity index (χ0n) is 8.97. The van der Waals surface area contributed by atoms with E-state index in [2.05, 4.69) is 8.92 Å². The van der Waals surface area contributed by atoms with Crippen LogP contribution < -0.4 is 0 Å². The van der Waals surface area contributed by atoms with Crippen LogP contribution in [-0.2, 0) is 29.5 Å². The van der Waals surface area contributed by atoms with Crippen molar-refractivity contribution in [3.05, 3.63) is 0 Å². The predicted molar refractivity (Wildman–Crippen MR) is 51.4 cm³/mol. The second kappa shape index (κ2) is 5.11. The van der Waals surface area contributed by atoms with E-state index in [4.69, 9.17) is 0 Å². The zero-order valence-corrected chi connectivity index (χ0v) is 9.87. The lowest BCUT2D eigenvalue weighted by Gasteiger charge is -2.25. The van der Waals surface area contributed by atoms with E-state index in [1.54, 1.807) is 20.8 Å². The summed E-state index contributed by atoms with van der Waals surface area (Å²) in [6, 6.07) is 0. The van der Waals surface area contributed by atoms with Gasteiger partial charge < -0.3 is 8.92 Å². The van der Waals surface area contributed by atoms with Crippen molar-refractivity contribution in [2.45, 2.75) is 20.8 Å². The van der Waals surface area contributed by atoms with Crippen LogP contribution in [0.2, 0.25) is 0 Å². The highest BCUT2D eigenvalue weighted by Gasteiger charge is 2.40. The van der Waals surface area contributed by atoms with Crippen molar-refractivity contribution < 1.29 is 26.9 Å². The van der Waals surface area contributed by atoms with Gasteiger partial charge in [-0.15, -0.1) is 0 Å². The van der Waals surface area contributed by atoms with Crippen LogP contribution in [0, 0.1) is 11.3 Å². The molecule has 0 aliphatic heterocycles. The molecule has 0 saturated heterocycles. The Kier molecular flexibility index (Phi) is 4.73. The van der Waals surface area contributed by atoms with Gasteiger partial charge in [0, 0.05) is 0 Å². The minimum atomic E-state index is -3.31. The van der Waals surface area contributed by atoms with Gasteiger partial charge in [-0.2, -0.15) is 8.42 Å². The molecule has 7 heteroatoms. The smallest absolute Gasteiger partial charge is 0.336 e. The number of thiol groups is 1. The van der Waals surface area contributed by atoms with Crippen molar-refractivity contribution in [1.82, 2.24) is 0 Å². The number of rotatable bonds is 3. The molecule has 88 valence electrons. The molecule has 0 N–H and O–H groups in total. The van der Waals surface area contributed by atoms with Crippen LogP contribution in [0.5, 0.6) is 0 Å². The third-order valence-corrected chi connectivity index (χ3v) is 2.03. The standard InChI is InChI=1S/C8H14O6S/c1-8(2,3)5(6(9)13-4)7(10)14-15(11)12/h5,15H,1-4H3. The van der Waals surface area contributed by atoms with Gasteiger partial charge >= 0.3 is 22.9 Å². The molecular formula is C8H14O6S. The molecule has 0 saturated carbocycles. The van der Waals surface area contributed by atoms with E-state index in [1.807, 2.05) is 0 Å². The minimum Gasteiger partial charge on any atom is -0.468 e. The summed E-state index contributed by atoms with van der Waals surface area (Å²) < 4.78 is 28.8. The van der Waals surface area contributed by atoms with Gasteiger partial charge in [-0.25, -0.2) is 4.79 Å². The third kappa shape index (κ3) is 4.28. The molecule has 0 aromatic rings. The monoisotopic (exact) mass is 238 g/mol. The van der Waals surface area contributed by atoms with Gasteiger partial charge in [0.25, 0.3) is 0 Å². The molecule has 0 amide bonds. The number of carbonyl (C=O) groups excluding carboxylic acids is 2. The Morgan fingerprint density at radius 2 is 1.60 bits per heavy atom. The summed E-state index contributed by atoms with van der Waals surface area (Å²) in [5.41, 5.74) is -0.768. The Hall–Kier alpha value is -1.11. The summed E-state index contributed by atoms with van der Waals surface area (Å²) in [6.07, 6.45) is 0. The first-order chi connectivity index (χ1) is 6.70. The number of hydrogen-bond donors (Lipinski definition) is 1. The first-order valence-electron chi connectivity index (χ1n) is 4.14. The van der Waals surface area contributed by atoms with Crippen molar-refractivity contribution in [2.75, 3.05) is 7.11 Å². The molecule has 0 aliphatic rings. The maximum Gasteiger partial charge on any atom is 0.336 e. The molecule has 1 atom stereocenters. The average molecular weight is 238 g/mol. The summed E-state index contributed by atoms with van der Waals surface area (Å²) in [4.78, 5) is 22.6. The fourth-order valence-corrected chi connectivity index (χ4v) is 1.30. The zero-order chi connectivity index (χ0) is 12.2. The SMILES string of the molecule is COC(=O)C(C(=O)O[SH](=O)=O)C(C)(C)C. The van der Waals surface area contributed by atoms with Crippen molar-refractivity contribution in [3.63, 3.8) is 0 Å². The maximum atomic E-state index is 11.3. The maximum absolute atomic E-state index is 11.3. The number of ether oxygens (including phenoxy) is 1. The number of esters is 1. The molecule has 0 aromatic heterocycles. The van der Waals surface area contributed by atoms with Crippen LogP contribution in [-0.4, -0.2) is 27.5 Å². The second-order valence-corrected chi connectivity index (χ2v) is 4.59.